The van der Waals surface area contributed by atoms with E-state index in [0.717, 1.165) is 5.56 Å². The number of aryl methyl sites for hydroxylation is 2. The van der Waals surface area contributed by atoms with Crippen LogP contribution in [0.5, 0.6) is 0 Å². The standard InChI is InChI=1S/C19H18N2O4/c1-12(22)14-4-3-5-15(11-14)20-18(23)9-7-13-6-8-17-16(10-13)21(2)19(24)25-17/h3-6,8,10-11H,7,9H2,1-2H3,(H,20,23). The molecule has 25 heavy (non-hydrogen) atoms. The third-order valence-corrected chi connectivity index (χ3v) is 4.05. The summed E-state index contributed by atoms with van der Waals surface area (Å²) in [6, 6.07) is 12.3. The first-order valence-corrected chi connectivity index (χ1v) is 7.93. The van der Waals surface area contributed by atoms with E-state index in [0.29, 0.717) is 35.2 Å². The Bertz CT molecular complexity index is 1010. The highest BCUT2D eigenvalue weighted by molar-refractivity contribution is 5.97. The van der Waals surface area contributed by atoms with Crippen molar-refractivity contribution >= 4 is 28.5 Å². The van der Waals surface area contributed by atoms with Gasteiger partial charge in [0.1, 0.15) is 0 Å². The zero-order valence-corrected chi connectivity index (χ0v) is 14.0. The van der Waals surface area contributed by atoms with Crippen LogP contribution in [0.25, 0.3) is 11.1 Å². The number of nitrogens with zero attached hydrogens (tertiary/aromatic N) is 1. The number of nitrogens with one attached hydrogen (secondary N) is 1. The Hall–Kier alpha value is -3.15. The third kappa shape index (κ3) is 3.68. The molecule has 0 saturated heterocycles. The number of carbonyl (C=O) groups excluding carboxylic acids is 2. The molecule has 0 aliphatic carbocycles. The fourth-order valence-corrected chi connectivity index (χ4v) is 2.63. The highest BCUT2D eigenvalue weighted by Crippen LogP contribution is 2.16. The number of amides is 1. The summed E-state index contributed by atoms with van der Waals surface area (Å²) in [7, 11) is 1.65. The number of benzene rings is 2. The molecule has 0 aliphatic rings. The number of rotatable bonds is 5. The van der Waals surface area contributed by atoms with Gasteiger partial charge in [0.2, 0.25) is 5.91 Å². The molecule has 0 bridgehead atoms. The zero-order chi connectivity index (χ0) is 18.0. The first kappa shape index (κ1) is 16.7. The van der Waals surface area contributed by atoms with Crippen molar-refractivity contribution in [1.29, 1.82) is 0 Å². The number of hydrogen-bond donors (Lipinski definition) is 1. The molecule has 2 aromatic carbocycles. The van der Waals surface area contributed by atoms with E-state index in [1.807, 2.05) is 12.1 Å². The Labute approximate surface area is 144 Å². The molecular weight excluding hydrogens is 320 g/mol. The third-order valence-electron chi connectivity index (χ3n) is 4.05. The minimum absolute atomic E-state index is 0.0462. The van der Waals surface area contributed by atoms with Crippen LogP contribution < -0.4 is 11.1 Å². The van der Waals surface area contributed by atoms with E-state index in [1.54, 1.807) is 37.4 Å². The summed E-state index contributed by atoms with van der Waals surface area (Å²) in [6.07, 6.45) is 0.829. The number of ketones is 1. The molecule has 0 atom stereocenters. The average molecular weight is 338 g/mol. The van der Waals surface area contributed by atoms with Crippen LogP contribution in [0.1, 0.15) is 29.3 Å². The molecule has 0 spiro atoms. The predicted molar refractivity (Wildman–Crippen MR) is 94.9 cm³/mol. The molecule has 0 unspecified atom stereocenters. The Balaban J connectivity index is 1.66. The van der Waals surface area contributed by atoms with Gasteiger partial charge in [-0.2, -0.15) is 0 Å². The second-order valence-corrected chi connectivity index (χ2v) is 5.91. The first-order chi connectivity index (χ1) is 11.9. The van der Waals surface area contributed by atoms with Crippen molar-refractivity contribution in [2.24, 2.45) is 7.05 Å². The summed E-state index contributed by atoms with van der Waals surface area (Å²) in [4.78, 5) is 35.0. The molecule has 1 N–H and O–H groups in total. The lowest BCUT2D eigenvalue weighted by molar-refractivity contribution is -0.116. The molecule has 6 nitrogen and oxygen atoms in total. The summed E-state index contributed by atoms with van der Waals surface area (Å²) in [5, 5.41) is 2.80. The maximum Gasteiger partial charge on any atom is 0.419 e. The minimum atomic E-state index is -0.407. The van der Waals surface area contributed by atoms with E-state index in [1.165, 1.54) is 11.5 Å². The quantitative estimate of drug-likeness (QED) is 0.725. The van der Waals surface area contributed by atoms with E-state index >= 15 is 0 Å². The van der Waals surface area contributed by atoms with Crippen LogP contribution in [-0.2, 0) is 18.3 Å². The van der Waals surface area contributed by atoms with Gasteiger partial charge in [0.15, 0.2) is 11.4 Å². The molecule has 0 fully saturated rings. The van der Waals surface area contributed by atoms with Gasteiger partial charge in [-0.3, -0.25) is 14.2 Å². The lowest BCUT2D eigenvalue weighted by Gasteiger charge is -2.07. The molecule has 6 heteroatoms. The SMILES string of the molecule is CC(=O)c1cccc(NC(=O)CCc2ccc3oc(=O)n(C)c3c2)c1. The van der Waals surface area contributed by atoms with Crippen molar-refractivity contribution in [3.63, 3.8) is 0 Å². The zero-order valence-electron chi connectivity index (χ0n) is 14.0. The first-order valence-electron chi connectivity index (χ1n) is 7.93. The molecule has 0 radical (unpaired) electrons. The van der Waals surface area contributed by atoms with Crippen LogP contribution in [0.3, 0.4) is 0 Å². The number of aromatic nitrogens is 1. The van der Waals surface area contributed by atoms with E-state index < -0.39 is 5.76 Å². The van der Waals surface area contributed by atoms with E-state index in [-0.39, 0.29) is 11.7 Å². The van der Waals surface area contributed by atoms with Gasteiger partial charge in [0.25, 0.3) is 0 Å². The highest BCUT2D eigenvalue weighted by Gasteiger charge is 2.09. The van der Waals surface area contributed by atoms with Crippen LogP contribution in [0.2, 0.25) is 0 Å². The lowest BCUT2D eigenvalue weighted by Crippen LogP contribution is -2.12. The summed E-state index contributed by atoms with van der Waals surface area (Å²) in [5.41, 5.74) is 3.34. The highest BCUT2D eigenvalue weighted by atomic mass is 16.4. The minimum Gasteiger partial charge on any atom is -0.408 e. The normalized spacial score (nSPS) is 10.8. The monoisotopic (exact) mass is 338 g/mol. The Morgan fingerprint density at radius 1 is 1.16 bits per heavy atom. The predicted octanol–water partition coefficient (Wildman–Crippen LogP) is 2.91. The smallest absolute Gasteiger partial charge is 0.408 e. The van der Waals surface area contributed by atoms with Gasteiger partial charge in [-0.05, 0) is 43.2 Å². The van der Waals surface area contributed by atoms with E-state index in [4.69, 9.17) is 4.42 Å². The van der Waals surface area contributed by atoms with Crippen LogP contribution >= 0.6 is 0 Å². The van der Waals surface area contributed by atoms with Gasteiger partial charge in [-0.1, -0.05) is 18.2 Å². The second-order valence-electron chi connectivity index (χ2n) is 5.91. The molecule has 3 rings (SSSR count). The summed E-state index contributed by atoms with van der Waals surface area (Å²) in [5.74, 6) is -0.591. The molecule has 128 valence electrons. The van der Waals surface area contributed by atoms with Gasteiger partial charge < -0.3 is 9.73 Å². The number of fused-ring (bicyclic) bond motifs is 1. The molecule has 1 amide bonds. The van der Waals surface area contributed by atoms with Crippen molar-refractivity contribution in [2.75, 3.05) is 5.32 Å². The fourth-order valence-electron chi connectivity index (χ4n) is 2.63. The van der Waals surface area contributed by atoms with Gasteiger partial charge >= 0.3 is 5.76 Å². The number of carbonyl (C=O) groups is 2. The average Bonchev–Trinajstić information content (AvgIpc) is 2.87. The van der Waals surface area contributed by atoms with Crippen LogP contribution in [0.15, 0.2) is 51.7 Å². The molecule has 3 aromatic rings. The molecule has 1 aromatic heterocycles. The van der Waals surface area contributed by atoms with Gasteiger partial charge in [0, 0.05) is 24.7 Å². The van der Waals surface area contributed by atoms with Crippen LogP contribution in [0, 0.1) is 0 Å². The van der Waals surface area contributed by atoms with Crippen molar-refractivity contribution in [3.05, 3.63) is 64.1 Å². The summed E-state index contributed by atoms with van der Waals surface area (Å²) >= 11 is 0. The lowest BCUT2D eigenvalue weighted by atomic mass is 10.1. The molecule has 0 aliphatic heterocycles. The molecule has 1 heterocycles. The van der Waals surface area contributed by atoms with Gasteiger partial charge in [0.05, 0.1) is 5.52 Å². The fraction of sp³-hybridized carbons (Fsp3) is 0.211. The van der Waals surface area contributed by atoms with Crippen molar-refractivity contribution < 1.29 is 14.0 Å². The number of oxazole rings is 1. The largest absolute Gasteiger partial charge is 0.419 e. The summed E-state index contributed by atoms with van der Waals surface area (Å²) in [6.45, 7) is 1.49. The Kier molecular flexibility index (Phi) is 4.52. The Morgan fingerprint density at radius 3 is 2.72 bits per heavy atom. The Morgan fingerprint density at radius 2 is 1.96 bits per heavy atom. The van der Waals surface area contributed by atoms with Crippen LogP contribution in [-0.4, -0.2) is 16.3 Å². The van der Waals surface area contributed by atoms with Gasteiger partial charge in [-0.15, -0.1) is 0 Å². The maximum absolute atomic E-state index is 12.1. The number of hydrogen-bond acceptors (Lipinski definition) is 4. The van der Waals surface area contributed by atoms with E-state index in [9.17, 15) is 14.4 Å². The maximum atomic E-state index is 12.1. The number of Topliss-reactive ketones (excluding diaryl/α,β-unsaturated/α-hetero) is 1. The topological polar surface area (TPSA) is 81.3 Å². The van der Waals surface area contributed by atoms with E-state index in [2.05, 4.69) is 5.32 Å². The molecular formula is C19H18N2O4. The second kappa shape index (κ2) is 6.76. The van der Waals surface area contributed by atoms with Crippen LogP contribution in [0.4, 0.5) is 5.69 Å². The molecule has 0 saturated carbocycles. The van der Waals surface area contributed by atoms with Gasteiger partial charge in [-0.25, -0.2) is 4.79 Å². The van der Waals surface area contributed by atoms with Crippen molar-refractivity contribution in [2.45, 2.75) is 19.8 Å². The van der Waals surface area contributed by atoms with Crippen molar-refractivity contribution in [3.8, 4) is 0 Å². The number of anilines is 1. The van der Waals surface area contributed by atoms with Crippen molar-refractivity contribution in [1.82, 2.24) is 4.57 Å². The summed E-state index contributed by atoms with van der Waals surface area (Å²) < 4.78 is 6.53.